The summed E-state index contributed by atoms with van der Waals surface area (Å²) in [7, 11) is 0. The molecule has 1 fully saturated rings. The molecule has 4 aliphatic rings. The van der Waals surface area contributed by atoms with Crippen LogP contribution in [0.4, 0.5) is 0 Å². The van der Waals surface area contributed by atoms with Crippen LogP contribution in [0.25, 0.3) is 17.4 Å². The number of amides is 1. The van der Waals surface area contributed by atoms with Crippen molar-refractivity contribution in [2.75, 3.05) is 0 Å². The predicted octanol–water partition coefficient (Wildman–Crippen LogP) is 2.52. The maximum absolute atomic E-state index is 13.6. The van der Waals surface area contributed by atoms with Crippen molar-refractivity contribution in [2.45, 2.75) is 31.3 Å². The number of fused-ring (bicyclic) bond motifs is 4. The highest BCUT2D eigenvalue weighted by molar-refractivity contribution is 6.22. The Balaban J connectivity index is 1.50. The van der Waals surface area contributed by atoms with E-state index in [0.717, 1.165) is 22.3 Å². The van der Waals surface area contributed by atoms with Crippen LogP contribution in [0.2, 0.25) is 0 Å². The summed E-state index contributed by atoms with van der Waals surface area (Å²) in [5.74, 6) is -6.27. The lowest BCUT2D eigenvalue weighted by Gasteiger charge is -2.46. The maximum Gasteiger partial charge on any atom is 0.255 e. The number of aromatic hydroxyl groups is 1. The van der Waals surface area contributed by atoms with E-state index < -0.39 is 52.0 Å². The van der Waals surface area contributed by atoms with Crippen molar-refractivity contribution < 1.29 is 34.8 Å². The highest BCUT2D eigenvalue weighted by Crippen LogP contribution is 2.53. The first-order valence-corrected chi connectivity index (χ1v) is 11.7. The lowest BCUT2D eigenvalue weighted by Crippen LogP contribution is -2.58. The Morgan fingerprint density at radius 2 is 1.78 bits per heavy atom. The van der Waals surface area contributed by atoms with Crippen molar-refractivity contribution in [1.29, 1.82) is 0 Å². The summed E-state index contributed by atoms with van der Waals surface area (Å²) in [6.45, 7) is 0. The molecule has 0 aromatic heterocycles. The predicted molar refractivity (Wildman–Crippen MR) is 129 cm³/mol. The van der Waals surface area contributed by atoms with Crippen molar-refractivity contribution in [3.05, 3.63) is 81.1 Å². The average Bonchev–Trinajstić information content (AvgIpc) is 3.25. The number of benzene rings is 2. The molecule has 4 aliphatic carbocycles. The molecule has 0 unspecified atom stereocenters. The Bertz CT molecular complexity index is 1510. The van der Waals surface area contributed by atoms with Gasteiger partial charge in [-0.25, -0.2) is 0 Å². The number of carbonyl (C=O) groups excluding carboxylic acids is 3. The smallest absolute Gasteiger partial charge is 0.255 e. The molecule has 6 N–H and O–H groups in total. The molecule has 1 amide bonds. The number of hydrogen-bond acceptors (Lipinski definition) is 7. The molecule has 36 heavy (non-hydrogen) atoms. The van der Waals surface area contributed by atoms with E-state index in [1.807, 2.05) is 24.3 Å². The minimum absolute atomic E-state index is 0.108. The average molecular weight is 485 g/mol. The molecule has 8 nitrogen and oxygen atoms in total. The summed E-state index contributed by atoms with van der Waals surface area (Å²) in [5.41, 5.74) is 6.64. The molecule has 0 saturated heterocycles. The van der Waals surface area contributed by atoms with E-state index in [1.54, 1.807) is 6.07 Å². The summed E-state index contributed by atoms with van der Waals surface area (Å²) >= 11 is 0. The van der Waals surface area contributed by atoms with Gasteiger partial charge < -0.3 is 26.2 Å². The Kier molecular flexibility index (Phi) is 4.59. The van der Waals surface area contributed by atoms with Gasteiger partial charge in [0.2, 0.25) is 5.78 Å². The molecule has 182 valence electrons. The summed E-state index contributed by atoms with van der Waals surface area (Å²) in [6.07, 6.45) is 2.80. The number of Topliss-reactive ketones (excluding diaryl/α,β-unsaturated/α-hetero) is 2. The van der Waals surface area contributed by atoms with Gasteiger partial charge in [-0.3, -0.25) is 14.4 Å². The molecule has 0 bridgehead atoms. The highest BCUT2D eigenvalue weighted by atomic mass is 16.3. The fourth-order valence-electron chi connectivity index (χ4n) is 6.38. The van der Waals surface area contributed by atoms with Gasteiger partial charge in [-0.05, 0) is 59.1 Å². The normalized spacial score (nSPS) is 26.8. The number of carbonyl (C=O) groups is 3. The summed E-state index contributed by atoms with van der Waals surface area (Å²) in [6, 6.07) is 11.2. The number of phenols is 1. The Hall–Kier alpha value is -4.17. The third kappa shape index (κ3) is 2.82. The monoisotopic (exact) mass is 485 g/mol. The largest absolute Gasteiger partial charge is 0.508 e. The Morgan fingerprint density at radius 3 is 2.50 bits per heavy atom. The third-order valence-electron chi connectivity index (χ3n) is 8.06. The fourth-order valence-corrected chi connectivity index (χ4v) is 6.38. The topological polar surface area (TPSA) is 158 Å². The SMILES string of the molecule is NC(=O)C1=C(O)[C@@]2(O)C(=O)C3=C(O)c4c(O)ccc(C5=Cc6ccccc6C5)c4C[C@H]3C[C@H]2CC1=O. The molecule has 6 rings (SSSR count). The van der Waals surface area contributed by atoms with Crippen LogP contribution in [-0.2, 0) is 27.2 Å². The van der Waals surface area contributed by atoms with Crippen molar-refractivity contribution in [3.8, 4) is 5.75 Å². The highest BCUT2D eigenvalue weighted by Gasteiger charge is 2.60. The number of primary amides is 1. The Labute approximate surface area is 205 Å². The van der Waals surface area contributed by atoms with Crippen LogP contribution in [-0.4, -0.2) is 43.5 Å². The van der Waals surface area contributed by atoms with Gasteiger partial charge in [0.25, 0.3) is 5.91 Å². The first-order chi connectivity index (χ1) is 17.1. The van der Waals surface area contributed by atoms with Gasteiger partial charge in [-0.1, -0.05) is 36.4 Å². The maximum atomic E-state index is 13.6. The fraction of sp³-hybridized carbons (Fsp3) is 0.250. The van der Waals surface area contributed by atoms with Gasteiger partial charge >= 0.3 is 0 Å². The first-order valence-electron chi connectivity index (χ1n) is 11.7. The number of nitrogens with two attached hydrogens (primary N) is 1. The van der Waals surface area contributed by atoms with Gasteiger partial charge in [0, 0.05) is 17.9 Å². The van der Waals surface area contributed by atoms with Crippen LogP contribution in [0, 0.1) is 11.8 Å². The van der Waals surface area contributed by atoms with Crippen LogP contribution in [0.3, 0.4) is 0 Å². The summed E-state index contributed by atoms with van der Waals surface area (Å²) in [5, 5.41) is 44.0. The second kappa shape index (κ2) is 7.41. The molecular weight excluding hydrogens is 462 g/mol. The van der Waals surface area contributed by atoms with Crippen LogP contribution in [0.1, 0.15) is 40.7 Å². The molecule has 1 saturated carbocycles. The minimum Gasteiger partial charge on any atom is -0.508 e. The van der Waals surface area contributed by atoms with E-state index in [-0.39, 0.29) is 36.1 Å². The molecule has 8 heteroatoms. The lowest BCUT2D eigenvalue weighted by molar-refractivity contribution is -0.147. The van der Waals surface area contributed by atoms with Crippen molar-refractivity contribution >= 4 is 34.9 Å². The molecular formula is C28H23NO7. The van der Waals surface area contributed by atoms with Crippen LogP contribution >= 0.6 is 0 Å². The van der Waals surface area contributed by atoms with Crippen LogP contribution in [0.15, 0.2) is 53.3 Å². The second-order valence-electron chi connectivity index (χ2n) is 9.94. The van der Waals surface area contributed by atoms with Gasteiger partial charge in [0.15, 0.2) is 11.4 Å². The zero-order valence-electron chi connectivity index (χ0n) is 19.1. The summed E-state index contributed by atoms with van der Waals surface area (Å²) < 4.78 is 0. The van der Waals surface area contributed by atoms with Gasteiger partial charge in [0.1, 0.15) is 22.8 Å². The molecule has 0 heterocycles. The van der Waals surface area contributed by atoms with E-state index in [9.17, 15) is 34.8 Å². The van der Waals surface area contributed by atoms with Crippen LogP contribution in [0.5, 0.6) is 5.75 Å². The van der Waals surface area contributed by atoms with E-state index in [2.05, 4.69) is 6.08 Å². The molecule has 2 aromatic rings. The number of allylic oxidation sites excluding steroid dienone is 1. The molecule has 0 radical (unpaired) electrons. The van der Waals surface area contributed by atoms with E-state index in [1.165, 1.54) is 6.07 Å². The number of ketones is 2. The zero-order chi connectivity index (χ0) is 25.5. The minimum atomic E-state index is -2.56. The number of aliphatic hydroxyl groups is 3. The Morgan fingerprint density at radius 1 is 1.03 bits per heavy atom. The molecule has 3 atom stereocenters. The summed E-state index contributed by atoms with van der Waals surface area (Å²) in [4.78, 5) is 37.9. The quantitative estimate of drug-likeness (QED) is 0.409. The second-order valence-corrected chi connectivity index (χ2v) is 9.94. The number of aliphatic hydroxyl groups excluding tert-OH is 2. The third-order valence-corrected chi connectivity index (χ3v) is 8.06. The number of phenolic OH excluding ortho intramolecular Hbond substituents is 1. The van der Waals surface area contributed by atoms with Gasteiger partial charge in [0.05, 0.1) is 5.56 Å². The van der Waals surface area contributed by atoms with Crippen molar-refractivity contribution in [3.63, 3.8) is 0 Å². The van der Waals surface area contributed by atoms with E-state index in [0.29, 0.717) is 12.0 Å². The van der Waals surface area contributed by atoms with Gasteiger partial charge in [-0.15, -0.1) is 0 Å². The van der Waals surface area contributed by atoms with Gasteiger partial charge in [-0.2, -0.15) is 0 Å². The molecule has 2 aromatic carbocycles. The van der Waals surface area contributed by atoms with E-state index >= 15 is 0 Å². The lowest BCUT2D eigenvalue weighted by atomic mass is 9.59. The zero-order valence-corrected chi connectivity index (χ0v) is 19.1. The van der Waals surface area contributed by atoms with E-state index in [4.69, 9.17) is 5.73 Å². The molecule has 0 spiro atoms. The van der Waals surface area contributed by atoms with Crippen molar-refractivity contribution in [2.24, 2.45) is 17.6 Å². The number of hydrogen-bond donors (Lipinski definition) is 5. The standard InChI is InChI=1S/C28H23NO7/c29-27(35)23-20(31)11-16-9-15-10-18-17(14-7-12-3-1-2-4-13(12)8-14)5-6-19(30)22(18)24(32)21(15)25(33)28(16,36)26(23)34/h1-7,15-16,30,32,34,36H,8-11H2,(H2,29,35)/t15-,16+,28+/m1/s1. The van der Waals surface area contributed by atoms with Crippen LogP contribution < -0.4 is 5.73 Å². The molecule has 0 aliphatic heterocycles. The number of rotatable bonds is 2. The van der Waals surface area contributed by atoms with Crippen molar-refractivity contribution in [1.82, 2.24) is 0 Å². The first kappa shape index (κ1) is 22.3.